The van der Waals surface area contributed by atoms with E-state index >= 15 is 0 Å². The molecule has 0 aromatic rings. The van der Waals surface area contributed by atoms with Crippen molar-refractivity contribution < 1.29 is 63.2 Å². The summed E-state index contributed by atoms with van der Waals surface area (Å²) < 4.78 is 63.5. The number of hydrogen-bond acceptors (Lipinski definition) is 2. The van der Waals surface area contributed by atoms with Crippen LogP contribution in [0.4, 0.5) is 26.3 Å². The van der Waals surface area contributed by atoms with Crippen molar-refractivity contribution in [2.24, 2.45) is 0 Å². The Balaban J connectivity index is -0.0000000800. The quantitative estimate of drug-likeness (QED) is 0.359. The summed E-state index contributed by atoms with van der Waals surface area (Å²) in [6, 6.07) is 0. The minimum absolute atomic E-state index is 0. The van der Waals surface area contributed by atoms with Gasteiger partial charge in [0, 0.05) is 41.0 Å². The summed E-state index contributed by atoms with van der Waals surface area (Å²) in [5.41, 5.74) is 0. The third kappa shape index (κ3) is 16.2. The molecule has 0 spiro atoms. The molecule has 12 heteroatoms. The van der Waals surface area contributed by atoms with Gasteiger partial charge in [-0.05, 0) is 0 Å². The smallest absolute Gasteiger partial charge is 0.475 e. The number of halogens is 7. The van der Waals surface area contributed by atoms with Gasteiger partial charge < -0.3 is 10.2 Å². The molecule has 0 aliphatic heterocycles. The van der Waals surface area contributed by atoms with Crippen LogP contribution in [0.3, 0.4) is 0 Å². The van der Waals surface area contributed by atoms with E-state index in [1.807, 2.05) is 0 Å². The molecule has 0 aromatic carbocycles. The average Bonchev–Trinajstić information content (AvgIpc) is 1.83. The van der Waals surface area contributed by atoms with E-state index in [9.17, 15) is 26.3 Å². The van der Waals surface area contributed by atoms with Gasteiger partial charge in [0.25, 0.3) is 0 Å². The van der Waals surface area contributed by atoms with E-state index in [0.29, 0.717) is 0 Å². The van der Waals surface area contributed by atoms with Gasteiger partial charge in [-0.15, -0.1) is 0 Å². The number of hydrogen-bond donors (Lipinski definition) is 2. The van der Waals surface area contributed by atoms with Gasteiger partial charge in [0.1, 0.15) is 0 Å². The summed E-state index contributed by atoms with van der Waals surface area (Å²) in [4.78, 5) is 17.8. The van der Waals surface area contributed by atoms with E-state index in [0.717, 1.165) is 0 Å². The monoisotopic (exact) mass is 418 g/mol. The largest absolute Gasteiger partial charge is 0.490 e. The van der Waals surface area contributed by atoms with E-state index in [1.165, 1.54) is 0 Å². The standard InChI is InChI=1S/2C2HF3O2.Cu.I/c2*3-2(4,5)1(6)7;;/h2*(H,6,7);;. The van der Waals surface area contributed by atoms with Crippen LogP contribution >= 0.6 is 24.0 Å². The predicted molar refractivity (Wildman–Crippen MR) is 41.4 cm³/mol. The molecule has 0 fully saturated rings. The molecular weight excluding hydrogens is 416 g/mol. The maximum absolute atomic E-state index is 10.6. The van der Waals surface area contributed by atoms with Crippen molar-refractivity contribution in [2.75, 3.05) is 0 Å². The summed E-state index contributed by atoms with van der Waals surface area (Å²) in [7, 11) is 0. The second-order valence-electron chi connectivity index (χ2n) is 1.61. The molecule has 2 N–H and O–H groups in total. The van der Waals surface area contributed by atoms with E-state index in [2.05, 4.69) is 0 Å². The van der Waals surface area contributed by atoms with Crippen LogP contribution in [0.2, 0.25) is 0 Å². The van der Waals surface area contributed by atoms with Gasteiger partial charge in [0.2, 0.25) is 0 Å². The Kier molecular flexibility index (Phi) is 13.8. The van der Waals surface area contributed by atoms with Crippen LogP contribution in [-0.2, 0) is 26.7 Å². The number of alkyl halides is 6. The van der Waals surface area contributed by atoms with Crippen molar-refractivity contribution in [2.45, 2.75) is 12.4 Å². The Hall–Kier alpha value is -0.231. The minimum Gasteiger partial charge on any atom is -0.475 e. The van der Waals surface area contributed by atoms with Crippen molar-refractivity contribution in [3.05, 3.63) is 0 Å². The molecule has 0 unspecified atom stereocenters. The van der Waals surface area contributed by atoms with Crippen LogP contribution in [0, 0.1) is 0 Å². The molecule has 4 nitrogen and oxygen atoms in total. The third-order valence-corrected chi connectivity index (χ3v) is 0.485. The van der Waals surface area contributed by atoms with E-state index in [-0.39, 0.29) is 41.0 Å². The van der Waals surface area contributed by atoms with Crippen molar-refractivity contribution in [3.63, 3.8) is 0 Å². The number of carboxylic acids is 2. The molecule has 0 heterocycles. The summed E-state index contributed by atoms with van der Waals surface area (Å²) >= 11 is 0. The van der Waals surface area contributed by atoms with Crippen molar-refractivity contribution >= 4 is 35.9 Å². The van der Waals surface area contributed by atoms with Crippen molar-refractivity contribution in [1.29, 1.82) is 0 Å². The molecule has 0 bridgehead atoms. The second kappa shape index (κ2) is 8.87. The maximum atomic E-state index is 10.6. The summed E-state index contributed by atoms with van der Waals surface area (Å²) in [5.74, 6) is -5.51. The normalized spacial score (nSPS) is 9.88. The van der Waals surface area contributed by atoms with Gasteiger partial charge in [0.15, 0.2) is 0 Å². The molecule has 0 rings (SSSR count). The number of rotatable bonds is 0. The summed E-state index contributed by atoms with van der Waals surface area (Å²) in [6.45, 7) is 0. The fourth-order valence-electron chi connectivity index (χ4n) is 0. The third-order valence-electron chi connectivity index (χ3n) is 0.485. The minimum atomic E-state index is -5.08. The molecule has 0 aliphatic rings. The number of carboxylic acid groups (broad SMARTS) is 2. The van der Waals surface area contributed by atoms with Crippen molar-refractivity contribution in [1.82, 2.24) is 0 Å². The van der Waals surface area contributed by atoms with Crippen LogP contribution in [0.1, 0.15) is 0 Å². The fraction of sp³-hybridized carbons (Fsp3) is 0.500. The average molecular weight is 418 g/mol. The SMILES string of the molecule is O=C(O)C(F)(F)F.O=C(O)C(F)(F)F.[Cu].[I]. The van der Waals surface area contributed by atoms with Crippen LogP contribution in [0.15, 0.2) is 0 Å². The van der Waals surface area contributed by atoms with Gasteiger partial charge in [-0.2, -0.15) is 26.3 Å². The zero-order chi connectivity index (χ0) is 12.2. The fourth-order valence-corrected chi connectivity index (χ4v) is 0. The van der Waals surface area contributed by atoms with Crippen molar-refractivity contribution in [3.8, 4) is 0 Å². The molecule has 0 atom stereocenters. The Morgan fingerprint density at radius 2 is 0.812 bits per heavy atom. The molecule has 102 valence electrons. The second-order valence-corrected chi connectivity index (χ2v) is 1.61. The van der Waals surface area contributed by atoms with Crippen LogP contribution < -0.4 is 0 Å². The molecule has 0 amide bonds. The molecule has 16 heavy (non-hydrogen) atoms. The van der Waals surface area contributed by atoms with E-state index < -0.39 is 24.3 Å². The topological polar surface area (TPSA) is 74.6 Å². The van der Waals surface area contributed by atoms with Crippen LogP contribution in [-0.4, -0.2) is 34.5 Å². The summed E-state index contributed by atoms with van der Waals surface area (Å²) in [6.07, 6.45) is -10.2. The Labute approximate surface area is 111 Å². The van der Waals surface area contributed by atoms with E-state index in [4.69, 9.17) is 19.8 Å². The van der Waals surface area contributed by atoms with E-state index in [1.54, 1.807) is 0 Å². The zero-order valence-corrected chi connectivity index (χ0v) is 9.76. The Morgan fingerprint density at radius 1 is 0.750 bits per heavy atom. The molecule has 0 aliphatic carbocycles. The first kappa shape index (κ1) is 24.8. The molecule has 2 radical (unpaired) electrons. The molecule has 0 aromatic heterocycles. The molecule has 0 saturated heterocycles. The summed E-state index contributed by atoms with van der Waals surface area (Å²) in [5, 5.41) is 14.2. The Bertz CT molecular complexity index is 202. The molecule has 0 saturated carbocycles. The first-order valence-electron chi connectivity index (χ1n) is 2.49. The first-order chi connectivity index (χ1) is 5.89. The number of carbonyl (C=O) groups is 2. The Morgan fingerprint density at radius 3 is 0.812 bits per heavy atom. The predicted octanol–water partition coefficient (Wildman–Crippen LogP) is 2.15. The van der Waals surface area contributed by atoms with Crippen LogP contribution in [0.5, 0.6) is 0 Å². The molecular formula is C4H2CuF6IO4. The van der Waals surface area contributed by atoms with Gasteiger partial charge >= 0.3 is 24.3 Å². The first-order valence-corrected chi connectivity index (χ1v) is 2.49. The van der Waals surface area contributed by atoms with Gasteiger partial charge in [-0.25, -0.2) is 9.59 Å². The zero-order valence-electron chi connectivity index (χ0n) is 6.66. The van der Waals surface area contributed by atoms with Crippen LogP contribution in [0.25, 0.3) is 0 Å². The number of aliphatic carboxylic acids is 2. The van der Waals surface area contributed by atoms with Gasteiger partial charge in [0.05, 0.1) is 0 Å². The maximum Gasteiger partial charge on any atom is 0.490 e. The van der Waals surface area contributed by atoms with Gasteiger partial charge in [-0.1, -0.05) is 0 Å². The van der Waals surface area contributed by atoms with Gasteiger partial charge in [-0.3, -0.25) is 0 Å².